The van der Waals surface area contributed by atoms with Crippen LogP contribution in [-0.2, 0) is 0 Å². The second-order valence-corrected chi connectivity index (χ2v) is 5.14. The molecule has 0 aromatic heterocycles. The van der Waals surface area contributed by atoms with Gasteiger partial charge in [-0.05, 0) is 25.1 Å². The molecule has 1 rings (SSSR count). The average Bonchev–Trinajstić information content (AvgIpc) is 2.02. The molecule has 0 aliphatic heterocycles. The third-order valence-electron chi connectivity index (χ3n) is 2.45. The van der Waals surface area contributed by atoms with Gasteiger partial charge in [0.2, 0.25) is 0 Å². The van der Waals surface area contributed by atoms with Gasteiger partial charge in [0.1, 0.15) is 0 Å². The summed E-state index contributed by atoms with van der Waals surface area (Å²) in [4.78, 5) is 2.29. The fourth-order valence-corrected chi connectivity index (χ4v) is 2.21. The van der Waals surface area contributed by atoms with E-state index in [0.717, 1.165) is 0 Å². The van der Waals surface area contributed by atoms with E-state index in [1.54, 1.807) is 0 Å². The summed E-state index contributed by atoms with van der Waals surface area (Å²) in [7, 11) is 4.28. The Kier molecular flexibility index (Phi) is 3.33. The van der Waals surface area contributed by atoms with Gasteiger partial charge in [-0.15, -0.1) is 0 Å². The predicted octanol–water partition coefficient (Wildman–Crippen LogP) is 3.34. The number of hydrogen-bond donors (Lipinski definition) is 0. The predicted molar refractivity (Wildman–Crippen MR) is 62.3 cm³/mol. The van der Waals surface area contributed by atoms with Crippen molar-refractivity contribution in [2.75, 3.05) is 14.1 Å². The third-order valence-corrected chi connectivity index (χ3v) is 2.45. The van der Waals surface area contributed by atoms with Crippen LogP contribution in [0.2, 0.25) is 0 Å². The van der Waals surface area contributed by atoms with E-state index in [-0.39, 0.29) is 5.41 Å². The molecule has 0 N–H and O–H groups in total. The van der Waals surface area contributed by atoms with E-state index < -0.39 is 0 Å². The molecule has 14 heavy (non-hydrogen) atoms. The van der Waals surface area contributed by atoms with E-state index in [0.29, 0.717) is 6.04 Å². The number of nitrogens with zero attached hydrogens (tertiary/aromatic N) is 1. The van der Waals surface area contributed by atoms with Gasteiger partial charge in [0.15, 0.2) is 0 Å². The zero-order valence-corrected chi connectivity index (χ0v) is 9.91. The minimum absolute atomic E-state index is 0.269. The molecular formula is C13H21N. The molecule has 0 bridgehead atoms. The first-order valence-corrected chi connectivity index (χ1v) is 5.14. The van der Waals surface area contributed by atoms with Gasteiger partial charge in [0.25, 0.3) is 0 Å². The molecule has 1 unspecified atom stereocenters. The Morgan fingerprint density at radius 2 is 1.50 bits per heavy atom. The Balaban J connectivity index is 3.02. The van der Waals surface area contributed by atoms with Crippen molar-refractivity contribution in [3.63, 3.8) is 0 Å². The van der Waals surface area contributed by atoms with Crippen LogP contribution in [0, 0.1) is 5.41 Å². The second-order valence-electron chi connectivity index (χ2n) is 5.14. The first kappa shape index (κ1) is 11.3. The fraction of sp³-hybridized carbons (Fsp3) is 0.538. The summed E-state index contributed by atoms with van der Waals surface area (Å²) in [6.07, 6.45) is 0. The van der Waals surface area contributed by atoms with Crippen molar-refractivity contribution in [1.29, 1.82) is 0 Å². The minimum atomic E-state index is 0.269. The van der Waals surface area contributed by atoms with E-state index in [2.05, 4.69) is 70.1 Å². The van der Waals surface area contributed by atoms with Crippen LogP contribution in [0.25, 0.3) is 0 Å². The monoisotopic (exact) mass is 191 g/mol. The molecule has 0 aliphatic carbocycles. The topological polar surface area (TPSA) is 3.24 Å². The molecule has 0 amide bonds. The lowest BCUT2D eigenvalue weighted by molar-refractivity contribution is 0.154. The summed E-state index contributed by atoms with van der Waals surface area (Å²) in [5.41, 5.74) is 1.66. The second kappa shape index (κ2) is 4.14. The number of hydrogen-bond acceptors (Lipinski definition) is 1. The lowest BCUT2D eigenvalue weighted by Gasteiger charge is -2.36. The van der Waals surface area contributed by atoms with E-state index in [4.69, 9.17) is 0 Å². The molecule has 0 aliphatic rings. The highest BCUT2D eigenvalue weighted by Crippen LogP contribution is 2.36. The van der Waals surface area contributed by atoms with Gasteiger partial charge in [-0.25, -0.2) is 0 Å². The van der Waals surface area contributed by atoms with Crippen molar-refractivity contribution in [3.8, 4) is 0 Å². The summed E-state index contributed by atoms with van der Waals surface area (Å²) < 4.78 is 0. The molecule has 0 saturated heterocycles. The molecule has 0 radical (unpaired) electrons. The number of benzene rings is 1. The summed E-state index contributed by atoms with van der Waals surface area (Å²) in [5.74, 6) is 0. The molecule has 0 saturated carbocycles. The van der Waals surface area contributed by atoms with Gasteiger partial charge in [0, 0.05) is 6.04 Å². The van der Waals surface area contributed by atoms with Crippen molar-refractivity contribution in [2.24, 2.45) is 5.41 Å². The van der Waals surface area contributed by atoms with Crippen LogP contribution in [-0.4, -0.2) is 19.0 Å². The minimum Gasteiger partial charge on any atom is -0.302 e. The van der Waals surface area contributed by atoms with E-state index in [1.165, 1.54) is 5.56 Å². The van der Waals surface area contributed by atoms with Gasteiger partial charge >= 0.3 is 0 Å². The van der Waals surface area contributed by atoms with Gasteiger partial charge < -0.3 is 4.90 Å². The van der Waals surface area contributed by atoms with Crippen LogP contribution in [0.1, 0.15) is 32.4 Å². The maximum Gasteiger partial charge on any atom is 0.0390 e. The summed E-state index contributed by atoms with van der Waals surface area (Å²) in [5, 5.41) is 0. The van der Waals surface area contributed by atoms with E-state index >= 15 is 0 Å². The molecule has 0 spiro atoms. The molecule has 78 valence electrons. The third kappa shape index (κ3) is 2.58. The van der Waals surface area contributed by atoms with Crippen molar-refractivity contribution in [3.05, 3.63) is 35.9 Å². The van der Waals surface area contributed by atoms with Crippen LogP contribution < -0.4 is 0 Å². The average molecular weight is 191 g/mol. The van der Waals surface area contributed by atoms with Gasteiger partial charge in [-0.3, -0.25) is 0 Å². The zero-order valence-electron chi connectivity index (χ0n) is 9.91. The molecule has 1 nitrogen and oxygen atoms in total. The Bertz CT molecular complexity index is 269. The van der Waals surface area contributed by atoms with Crippen LogP contribution >= 0.6 is 0 Å². The molecule has 1 aromatic carbocycles. The zero-order chi connectivity index (χ0) is 10.8. The Morgan fingerprint density at radius 1 is 1.00 bits per heavy atom. The molecule has 0 heterocycles. The highest BCUT2D eigenvalue weighted by Gasteiger charge is 2.27. The molecule has 1 atom stereocenters. The van der Waals surface area contributed by atoms with Crippen LogP contribution in [0.4, 0.5) is 0 Å². The normalized spacial score (nSPS) is 14.4. The highest BCUT2D eigenvalue weighted by atomic mass is 15.1. The van der Waals surface area contributed by atoms with E-state index in [9.17, 15) is 0 Å². The number of rotatable bonds is 2. The largest absolute Gasteiger partial charge is 0.302 e. The molecular weight excluding hydrogens is 170 g/mol. The molecule has 0 fully saturated rings. The fourth-order valence-electron chi connectivity index (χ4n) is 2.21. The van der Waals surface area contributed by atoms with Crippen LogP contribution in [0.15, 0.2) is 30.3 Å². The smallest absolute Gasteiger partial charge is 0.0390 e. The Labute approximate surface area is 87.7 Å². The van der Waals surface area contributed by atoms with Crippen molar-refractivity contribution >= 4 is 0 Å². The van der Waals surface area contributed by atoms with Gasteiger partial charge in [0.05, 0.1) is 0 Å². The van der Waals surface area contributed by atoms with Crippen LogP contribution in [0.3, 0.4) is 0 Å². The summed E-state index contributed by atoms with van der Waals surface area (Å²) in [6, 6.07) is 11.2. The summed E-state index contributed by atoms with van der Waals surface area (Å²) in [6.45, 7) is 6.85. The summed E-state index contributed by atoms with van der Waals surface area (Å²) >= 11 is 0. The van der Waals surface area contributed by atoms with Crippen molar-refractivity contribution < 1.29 is 0 Å². The first-order chi connectivity index (χ1) is 6.43. The lowest BCUT2D eigenvalue weighted by atomic mass is 9.82. The quantitative estimate of drug-likeness (QED) is 0.693. The highest BCUT2D eigenvalue weighted by molar-refractivity contribution is 5.20. The van der Waals surface area contributed by atoms with Gasteiger partial charge in [-0.1, -0.05) is 51.1 Å². The van der Waals surface area contributed by atoms with Crippen LogP contribution in [0.5, 0.6) is 0 Å². The Hall–Kier alpha value is -0.820. The molecule has 1 heteroatoms. The lowest BCUT2D eigenvalue weighted by Crippen LogP contribution is -2.31. The SMILES string of the molecule is CN(C)C(c1ccccc1)C(C)(C)C. The standard InChI is InChI=1S/C13H21N/c1-13(2,3)12(14(4)5)11-9-7-6-8-10-11/h6-10,12H,1-5H3. The Morgan fingerprint density at radius 3 is 1.86 bits per heavy atom. The maximum atomic E-state index is 2.29. The molecule has 1 aromatic rings. The van der Waals surface area contributed by atoms with E-state index in [1.807, 2.05) is 0 Å². The van der Waals surface area contributed by atoms with Crippen molar-refractivity contribution in [2.45, 2.75) is 26.8 Å². The maximum absolute atomic E-state index is 2.29. The first-order valence-electron chi connectivity index (χ1n) is 5.14. The van der Waals surface area contributed by atoms with Gasteiger partial charge in [-0.2, -0.15) is 0 Å². The van der Waals surface area contributed by atoms with Crippen molar-refractivity contribution in [1.82, 2.24) is 4.90 Å².